The molecule has 0 bridgehead atoms. The van der Waals surface area contributed by atoms with Crippen molar-refractivity contribution >= 4 is 15.9 Å². The largest absolute Gasteiger partial charge is 0.497 e. The van der Waals surface area contributed by atoms with Crippen molar-refractivity contribution in [2.75, 3.05) is 13.7 Å². The molecule has 0 saturated heterocycles. The minimum Gasteiger partial charge on any atom is -0.497 e. The minimum atomic E-state index is 0.183. The number of nitrogens with one attached hydrogen (secondary N) is 1. The van der Waals surface area contributed by atoms with Gasteiger partial charge in [0.05, 0.1) is 18.8 Å². The van der Waals surface area contributed by atoms with Crippen molar-refractivity contribution in [1.29, 1.82) is 0 Å². The Bertz CT molecular complexity index is 560. The highest BCUT2D eigenvalue weighted by Gasteiger charge is 2.15. The van der Waals surface area contributed by atoms with E-state index in [4.69, 9.17) is 4.74 Å². The molecule has 1 aromatic carbocycles. The second-order valence-corrected chi connectivity index (χ2v) is 5.39. The monoisotopic (exact) mass is 334 g/mol. The molecule has 0 aliphatic carbocycles. The van der Waals surface area contributed by atoms with Crippen molar-refractivity contribution in [3.05, 3.63) is 58.3 Å². The lowest BCUT2D eigenvalue weighted by molar-refractivity contribution is 0.413. The fourth-order valence-corrected chi connectivity index (χ4v) is 2.73. The maximum Gasteiger partial charge on any atom is 0.119 e. The standard InChI is InChI=1S/C16H19BrN2O/c1-3-18-15(16-14(17)8-5-9-19-16)11-12-6-4-7-13(10-12)20-2/h4-10,15,18H,3,11H2,1-2H3. The van der Waals surface area contributed by atoms with Crippen LogP contribution in [0.15, 0.2) is 47.1 Å². The summed E-state index contributed by atoms with van der Waals surface area (Å²) in [6.07, 6.45) is 2.71. The summed E-state index contributed by atoms with van der Waals surface area (Å²) in [5.41, 5.74) is 2.27. The first-order valence-electron chi connectivity index (χ1n) is 6.71. The quantitative estimate of drug-likeness (QED) is 0.873. The number of benzene rings is 1. The predicted octanol–water partition coefficient (Wildman–Crippen LogP) is 3.75. The highest BCUT2D eigenvalue weighted by Crippen LogP contribution is 2.25. The number of rotatable bonds is 6. The molecule has 0 saturated carbocycles. The van der Waals surface area contributed by atoms with Gasteiger partial charge < -0.3 is 10.1 Å². The summed E-state index contributed by atoms with van der Waals surface area (Å²) < 4.78 is 6.32. The lowest BCUT2D eigenvalue weighted by atomic mass is 10.0. The molecule has 0 fully saturated rings. The van der Waals surface area contributed by atoms with Crippen LogP contribution in [0.25, 0.3) is 0 Å². The Kier molecular flexibility index (Phi) is 5.56. The van der Waals surface area contributed by atoms with Crippen molar-refractivity contribution in [1.82, 2.24) is 10.3 Å². The van der Waals surface area contributed by atoms with E-state index in [1.54, 1.807) is 7.11 Å². The molecule has 1 atom stereocenters. The van der Waals surface area contributed by atoms with Crippen LogP contribution in [-0.2, 0) is 6.42 Å². The van der Waals surface area contributed by atoms with Crippen LogP contribution in [0.4, 0.5) is 0 Å². The Morgan fingerprint density at radius 3 is 2.85 bits per heavy atom. The van der Waals surface area contributed by atoms with Gasteiger partial charge >= 0.3 is 0 Å². The van der Waals surface area contributed by atoms with Crippen molar-refractivity contribution < 1.29 is 4.74 Å². The van der Waals surface area contributed by atoms with Gasteiger partial charge in [-0.2, -0.15) is 0 Å². The van der Waals surface area contributed by atoms with Gasteiger partial charge in [0, 0.05) is 10.7 Å². The van der Waals surface area contributed by atoms with E-state index in [1.165, 1.54) is 5.56 Å². The van der Waals surface area contributed by atoms with E-state index in [2.05, 4.69) is 45.3 Å². The lowest BCUT2D eigenvalue weighted by Gasteiger charge is -2.19. The summed E-state index contributed by atoms with van der Waals surface area (Å²) in [5, 5.41) is 3.49. The van der Waals surface area contributed by atoms with Crippen LogP contribution < -0.4 is 10.1 Å². The molecule has 2 rings (SSSR count). The Morgan fingerprint density at radius 2 is 2.15 bits per heavy atom. The summed E-state index contributed by atoms with van der Waals surface area (Å²) in [7, 11) is 1.69. The number of hydrogen-bond donors (Lipinski definition) is 1. The van der Waals surface area contributed by atoms with Crippen molar-refractivity contribution in [2.45, 2.75) is 19.4 Å². The van der Waals surface area contributed by atoms with Crippen molar-refractivity contribution in [3.63, 3.8) is 0 Å². The highest BCUT2D eigenvalue weighted by molar-refractivity contribution is 9.10. The van der Waals surface area contributed by atoms with Gasteiger partial charge in [0.2, 0.25) is 0 Å². The van der Waals surface area contributed by atoms with E-state index in [9.17, 15) is 0 Å². The van der Waals surface area contributed by atoms with Crippen LogP contribution in [0, 0.1) is 0 Å². The molecule has 1 N–H and O–H groups in total. The van der Waals surface area contributed by atoms with E-state index in [-0.39, 0.29) is 6.04 Å². The van der Waals surface area contributed by atoms with Crippen LogP contribution >= 0.6 is 15.9 Å². The van der Waals surface area contributed by atoms with E-state index >= 15 is 0 Å². The number of hydrogen-bond acceptors (Lipinski definition) is 3. The summed E-state index contributed by atoms with van der Waals surface area (Å²) in [6.45, 7) is 3.01. The predicted molar refractivity (Wildman–Crippen MR) is 85.1 cm³/mol. The SMILES string of the molecule is CCNC(Cc1cccc(OC)c1)c1ncccc1Br. The average Bonchev–Trinajstić information content (AvgIpc) is 2.47. The fourth-order valence-electron chi connectivity index (χ4n) is 2.20. The number of pyridine rings is 1. The third-order valence-corrected chi connectivity index (χ3v) is 3.81. The number of ether oxygens (including phenoxy) is 1. The molecule has 0 aliphatic rings. The molecule has 0 radical (unpaired) electrons. The van der Waals surface area contributed by atoms with E-state index in [0.29, 0.717) is 0 Å². The summed E-state index contributed by atoms with van der Waals surface area (Å²) in [4.78, 5) is 4.50. The molecule has 106 valence electrons. The first kappa shape index (κ1) is 15.0. The van der Waals surface area contributed by atoms with Gasteiger partial charge in [-0.15, -0.1) is 0 Å². The Labute approximate surface area is 128 Å². The highest BCUT2D eigenvalue weighted by atomic mass is 79.9. The second kappa shape index (κ2) is 7.41. The molecule has 0 aliphatic heterocycles. The van der Waals surface area contributed by atoms with E-state index in [0.717, 1.165) is 28.9 Å². The van der Waals surface area contributed by atoms with Gasteiger partial charge in [0.25, 0.3) is 0 Å². The Hall–Kier alpha value is -1.39. The van der Waals surface area contributed by atoms with Gasteiger partial charge in [-0.05, 0) is 58.7 Å². The molecule has 1 heterocycles. The first-order valence-corrected chi connectivity index (χ1v) is 7.50. The molecule has 2 aromatic rings. The molecule has 4 heteroatoms. The molecule has 1 aromatic heterocycles. The molecule has 20 heavy (non-hydrogen) atoms. The molecule has 3 nitrogen and oxygen atoms in total. The number of nitrogens with zero attached hydrogens (tertiary/aromatic N) is 1. The number of methoxy groups -OCH3 is 1. The summed E-state index contributed by atoms with van der Waals surface area (Å²) in [6, 6.07) is 12.3. The summed E-state index contributed by atoms with van der Waals surface area (Å²) >= 11 is 3.58. The van der Waals surface area contributed by atoms with Gasteiger partial charge in [0.1, 0.15) is 5.75 Å². The van der Waals surface area contributed by atoms with Crippen molar-refractivity contribution in [2.24, 2.45) is 0 Å². The van der Waals surface area contributed by atoms with Crippen LogP contribution in [0.5, 0.6) is 5.75 Å². The van der Waals surface area contributed by atoms with E-state index in [1.807, 2.05) is 30.5 Å². The van der Waals surface area contributed by atoms with Gasteiger partial charge in [-0.1, -0.05) is 19.1 Å². The molecular formula is C16H19BrN2O. The summed E-state index contributed by atoms with van der Waals surface area (Å²) in [5.74, 6) is 0.887. The second-order valence-electron chi connectivity index (χ2n) is 4.54. The van der Waals surface area contributed by atoms with Gasteiger partial charge in [-0.3, -0.25) is 4.98 Å². The third-order valence-electron chi connectivity index (χ3n) is 3.14. The topological polar surface area (TPSA) is 34.1 Å². The van der Waals surface area contributed by atoms with Crippen LogP contribution in [0.3, 0.4) is 0 Å². The van der Waals surface area contributed by atoms with Crippen molar-refractivity contribution in [3.8, 4) is 5.75 Å². The molecular weight excluding hydrogens is 316 g/mol. The minimum absolute atomic E-state index is 0.183. The Balaban J connectivity index is 2.23. The van der Waals surface area contributed by atoms with Gasteiger partial charge in [-0.25, -0.2) is 0 Å². The third kappa shape index (κ3) is 3.81. The molecule has 1 unspecified atom stereocenters. The fraction of sp³-hybridized carbons (Fsp3) is 0.312. The lowest BCUT2D eigenvalue weighted by Crippen LogP contribution is -2.24. The smallest absolute Gasteiger partial charge is 0.119 e. The zero-order chi connectivity index (χ0) is 14.4. The molecule has 0 amide bonds. The average molecular weight is 335 g/mol. The molecule has 0 spiro atoms. The number of halogens is 1. The zero-order valence-corrected chi connectivity index (χ0v) is 13.4. The Morgan fingerprint density at radius 1 is 1.30 bits per heavy atom. The van der Waals surface area contributed by atoms with Crippen LogP contribution in [0.2, 0.25) is 0 Å². The maximum atomic E-state index is 5.28. The zero-order valence-electron chi connectivity index (χ0n) is 11.8. The normalized spacial score (nSPS) is 12.2. The number of aromatic nitrogens is 1. The van der Waals surface area contributed by atoms with Gasteiger partial charge in [0.15, 0.2) is 0 Å². The number of likely N-dealkylation sites (N-methyl/N-ethyl adjacent to an activating group) is 1. The van der Waals surface area contributed by atoms with E-state index < -0.39 is 0 Å². The van der Waals surface area contributed by atoms with Crippen LogP contribution in [0.1, 0.15) is 24.2 Å². The first-order chi connectivity index (χ1) is 9.74. The maximum absolute atomic E-state index is 5.28. The van der Waals surface area contributed by atoms with Crippen LogP contribution in [-0.4, -0.2) is 18.6 Å².